The minimum Gasteiger partial charge on any atom is -0.356 e. The highest BCUT2D eigenvalue weighted by Gasteiger charge is 2.14. The van der Waals surface area contributed by atoms with Crippen LogP contribution in [0.2, 0.25) is 0 Å². The van der Waals surface area contributed by atoms with Crippen LogP contribution in [0, 0.1) is 0 Å². The van der Waals surface area contributed by atoms with Crippen molar-refractivity contribution in [2.45, 2.75) is 37.5 Å². The zero-order valence-corrected chi connectivity index (χ0v) is 16.4. The summed E-state index contributed by atoms with van der Waals surface area (Å²) in [7, 11) is -3.65. The van der Waals surface area contributed by atoms with Gasteiger partial charge in [0.2, 0.25) is 21.8 Å². The molecule has 0 aliphatic heterocycles. The van der Waals surface area contributed by atoms with Crippen LogP contribution >= 0.6 is 12.4 Å². The van der Waals surface area contributed by atoms with Crippen molar-refractivity contribution in [3.8, 4) is 0 Å². The average molecular weight is 407 g/mol. The van der Waals surface area contributed by atoms with E-state index in [4.69, 9.17) is 5.73 Å². The number of hydrogen-bond donors (Lipinski definition) is 4. The second-order valence-electron chi connectivity index (χ2n) is 5.47. The molecular weight excluding hydrogens is 380 g/mol. The molecular formula is C16H27ClN4O4S. The lowest BCUT2D eigenvalue weighted by atomic mass is 10.2. The molecule has 10 heteroatoms. The Balaban J connectivity index is 0.00000625. The van der Waals surface area contributed by atoms with Crippen LogP contribution in [-0.2, 0) is 19.6 Å². The number of nitrogens with two attached hydrogens (primary N) is 1. The molecule has 0 aliphatic rings. The van der Waals surface area contributed by atoms with Gasteiger partial charge in [-0.05, 0) is 31.0 Å². The number of hydrogen-bond acceptors (Lipinski definition) is 5. The van der Waals surface area contributed by atoms with Gasteiger partial charge >= 0.3 is 0 Å². The van der Waals surface area contributed by atoms with Crippen molar-refractivity contribution in [1.29, 1.82) is 0 Å². The quantitative estimate of drug-likeness (QED) is 0.435. The van der Waals surface area contributed by atoms with Crippen molar-refractivity contribution >= 4 is 39.9 Å². The molecule has 2 amide bonds. The number of amides is 2. The van der Waals surface area contributed by atoms with Crippen molar-refractivity contribution in [1.82, 2.24) is 10.0 Å². The highest BCUT2D eigenvalue weighted by atomic mass is 35.5. The summed E-state index contributed by atoms with van der Waals surface area (Å²) in [6.07, 6.45) is 1.76. The summed E-state index contributed by atoms with van der Waals surface area (Å²) >= 11 is 0. The second-order valence-corrected chi connectivity index (χ2v) is 7.23. The molecule has 1 aromatic carbocycles. The molecule has 0 fully saturated rings. The van der Waals surface area contributed by atoms with E-state index in [-0.39, 0.29) is 55.0 Å². The number of benzene rings is 1. The zero-order valence-electron chi connectivity index (χ0n) is 14.8. The Morgan fingerprint density at radius 1 is 1.12 bits per heavy atom. The minimum atomic E-state index is -3.65. The number of halogens is 1. The summed E-state index contributed by atoms with van der Waals surface area (Å²) in [6.45, 7) is 2.93. The predicted molar refractivity (Wildman–Crippen MR) is 104 cm³/mol. The van der Waals surface area contributed by atoms with Gasteiger partial charge in [-0.2, -0.15) is 0 Å². The van der Waals surface area contributed by atoms with Crippen LogP contribution in [0.25, 0.3) is 0 Å². The SMILES string of the molecule is CCCNC(=O)CCCC(=O)Nc1cccc(S(=O)(=O)NCCN)c1.Cl. The van der Waals surface area contributed by atoms with Crippen LogP contribution in [0.4, 0.5) is 5.69 Å². The molecule has 26 heavy (non-hydrogen) atoms. The third-order valence-electron chi connectivity index (χ3n) is 3.24. The minimum absolute atomic E-state index is 0. The van der Waals surface area contributed by atoms with E-state index in [2.05, 4.69) is 15.4 Å². The molecule has 0 unspecified atom stereocenters. The van der Waals surface area contributed by atoms with Gasteiger partial charge in [-0.25, -0.2) is 13.1 Å². The van der Waals surface area contributed by atoms with Crippen LogP contribution in [0.15, 0.2) is 29.2 Å². The first-order valence-electron chi connectivity index (χ1n) is 8.25. The lowest BCUT2D eigenvalue weighted by molar-refractivity contribution is -0.121. The van der Waals surface area contributed by atoms with Gasteiger partial charge in [0, 0.05) is 38.2 Å². The van der Waals surface area contributed by atoms with E-state index >= 15 is 0 Å². The van der Waals surface area contributed by atoms with Crippen molar-refractivity contribution < 1.29 is 18.0 Å². The van der Waals surface area contributed by atoms with E-state index in [1.807, 2.05) is 6.92 Å². The molecule has 0 spiro atoms. The maximum atomic E-state index is 12.0. The molecule has 0 bridgehead atoms. The maximum Gasteiger partial charge on any atom is 0.240 e. The number of carbonyl (C=O) groups excluding carboxylic acids is 2. The molecule has 8 nitrogen and oxygen atoms in total. The molecule has 0 atom stereocenters. The van der Waals surface area contributed by atoms with Crippen LogP contribution in [0.1, 0.15) is 32.6 Å². The van der Waals surface area contributed by atoms with Crippen molar-refractivity contribution in [2.24, 2.45) is 5.73 Å². The molecule has 0 aliphatic carbocycles. The fourth-order valence-electron chi connectivity index (χ4n) is 2.00. The summed E-state index contributed by atoms with van der Waals surface area (Å²) < 4.78 is 26.4. The van der Waals surface area contributed by atoms with Crippen molar-refractivity contribution in [3.63, 3.8) is 0 Å². The molecule has 148 valence electrons. The molecule has 5 N–H and O–H groups in total. The Morgan fingerprint density at radius 3 is 2.46 bits per heavy atom. The van der Waals surface area contributed by atoms with Gasteiger partial charge in [0.1, 0.15) is 0 Å². The largest absolute Gasteiger partial charge is 0.356 e. The van der Waals surface area contributed by atoms with Gasteiger partial charge in [-0.3, -0.25) is 9.59 Å². The van der Waals surface area contributed by atoms with Crippen molar-refractivity contribution in [2.75, 3.05) is 25.0 Å². The Kier molecular flexibility index (Phi) is 11.8. The third kappa shape index (κ3) is 9.14. The van der Waals surface area contributed by atoms with Gasteiger partial charge in [-0.1, -0.05) is 13.0 Å². The van der Waals surface area contributed by atoms with Gasteiger partial charge in [0.15, 0.2) is 0 Å². The first kappa shape index (κ1) is 24.3. The van der Waals surface area contributed by atoms with E-state index < -0.39 is 10.0 Å². The van der Waals surface area contributed by atoms with Crippen LogP contribution in [-0.4, -0.2) is 39.9 Å². The van der Waals surface area contributed by atoms with Gasteiger partial charge in [0.05, 0.1) is 4.90 Å². The predicted octanol–water partition coefficient (Wildman–Crippen LogP) is 0.980. The Hall–Kier alpha value is -1.68. The van der Waals surface area contributed by atoms with Crippen molar-refractivity contribution in [3.05, 3.63) is 24.3 Å². The topological polar surface area (TPSA) is 130 Å². The zero-order chi connectivity index (χ0) is 18.7. The van der Waals surface area contributed by atoms with Crippen LogP contribution in [0.3, 0.4) is 0 Å². The summed E-state index contributed by atoms with van der Waals surface area (Å²) in [5.74, 6) is -0.346. The van der Waals surface area contributed by atoms with E-state index in [9.17, 15) is 18.0 Å². The monoisotopic (exact) mass is 406 g/mol. The lowest BCUT2D eigenvalue weighted by Crippen LogP contribution is -2.29. The molecule has 0 radical (unpaired) electrons. The van der Waals surface area contributed by atoms with E-state index in [0.717, 1.165) is 6.42 Å². The van der Waals surface area contributed by atoms with Gasteiger partial charge in [0.25, 0.3) is 0 Å². The van der Waals surface area contributed by atoms with Gasteiger partial charge in [-0.15, -0.1) is 12.4 Å². The first-order chi connectivity index (χ1) is 11.9. The number of rotatable bonds is 11. The number of sulfonamides is 1. The normalized spacial score (nSPS) is 10.7. The molecule has 0 saturated heterocycles. The summed E-state index contributed by atoms with van der Waals surface area (Å²) in [6, 6.07) is 5.97. The summed E-state index contributed by atoms with van der Waals surface area (Å²) in [5.41, 5.74) is 5.68. The maximum absolute atomic E-state index is 12.0. The average Bonchev–Trinajstić information content (AvgIpc) is 2.58. The Bertz CT molecular complexity index is 683. The smallest absolute Gasteiger partial charge is 0.240 e. The number of anilines is 1. The lowest BCUT2D eigenvalue weighted by Gasteiger charge is -2.09. The third-order valence-corrected chi connectivity index (χ3v) is 4.70. The highest BCUT2D eigenvalue weighted by Crippen LogP contribution is 2.15. The van der Waals surface area contributed by atoms with Gasteiger partial charge < -0.3 is 16.4 Å². The fourth-order valence-corrected chi connectivity index (χ4v) is 3.10. The number of carbonyl (C=O) groups is 2. The molecule has 1 aromatic rings. The molecule has 1 rings (SSSR count). The first-order valence-corrected chi connectivity index (χ1v) is 9.73. The van der Waals surface area contributed by atoms with E-state index in [1.54, 1.807) is 12.1 Å². The summed E-state index contributed by atoms with van der Waals surface area (Å²) in [5, 5.41) is 5.38. The Labute approximate surface area is 160 Å². The summed E-state index contributed by atoms with van der Waals surface area (Å²) in [4.78, 5) is 23.4. The molecule has 0 aromatic heterocycles. The number of nitrogens with one attached hydrogen (secondary N) is 3. The highest BCUT2D eigenvalue weighted by molar-refractivity contribution is 7.89. The standard InChI is InChI=1S/C16H26N4O4S.ClH/c1-2-10-18-15(21)7-4-8-16(22)20-13-5-3-6-14(12-13)25(23,24)19-11-9-17;/h3,5-6,12,19H,2,4,7-11,17H2,1H3,(H,18,21)(H,20,22);1H. The molecule has 0 saturated carbocycles. The van der Waals surface area contributed by atoms with E-state index in [0.29, 0.717) is 18.7 Å². The molecule has 0 heterocycles. The Morgan fingerprint density at radius 2 is 1.81 bits per heavy atom. The van der Waals surface area contributed by atoms with E-state index in [1.165, 1.54) is 12.1 Å². The second kappa shape index (κ2) is 12.6. The van der Waals surface area contributed by atoms with Crippen LogP contribution < -0.4 is 21.1 Å². The van der Waals surface area contributed by atoms with Crippen LogP contribution in [0.5, 0.6) is 0 Å². The fraction of sp³-hybridized carbons (Fsp3) is 0.500.